The molecule has 0 aliphatic rings. The first-order valence-electron chi connectivity index (χ1n) is 6.10. The lowest BCUT2D eigenvalue weighted by molar-refractivity contribution is 0.413. The van der Waals surface area contributed by atoms with Gasteiger partial charge in [0.15, 0.2) is 0 Å². The average Bonchev–Trinajstić information content (AvgIpc) is 2.91. The quantitative estimate of drug-likeness (QED) is 0.799. The molecular formula is C12H14N6O2S. The van der Waals surface area contributed by atoms with Crippen LogP contribution in [0.25, 0.3) is 0 Å². The van der Waals surface area contributed by atoms with Crippen molar-refractivity contribution < 1.29 is 8.42 Å². The second kappa shape index (κ2) is 6.34. The number of nitrogens with one attached hydrogen (secondary N) is 1. The topological polar surface area (TPSA) is 129 Å². The van der Waals surface area contributed by atoms with Crippen molar-refractivity contribution in [1.82, 2.24) is 19.5 Å². The van der Waals surface area contributed by atoms with E-state index in [1.54, 1.807) is 24.5 Å². The third-order valence-corrected chi connectivity index (χ3v) is 4.68. The van der Waals surface area contributed by atoms with Gasteiger partial charge in [-0.1, -0.05) is 6.07 Å². The van der Waals surface area contributed by atoms with Crippen LogP contribution in [0, 0.1) is 11.3 Å². The Morgan fingerprint density at radius 2 is 2.24 bits per heavy atom. The number of nitrogen functional groups attached to an aromatic ring is 1. The molecule has 0 amide bonds. The highest BCUT2D eigenvalue weighted by Gasteiger charge is 2.27. The molecule has 0 unspecified atom stereocenters. The Kier molecular flexibility index (Phi) is 4.52. The Balaban J connectivity index is 2.32. The Morgan fingerprint density at radius 3 is 2.81 bits per heavy atom. The van der Waals surface area contributed by atoms with Crippen LogP contribution in [-0.4, -0.2) is 34.4 Å². The van der Waals surface area contributed by atoms with Crippen molar-refractivity contribution >= 4 is 15.8 Å². The van der Waals surface area contributed by atoms with Crippen molar-refractivity contribution in [3.8, 4) is 6.07 Å². The van der Waals surface area contributed by atoms with Gasteiger partial charge in [-0.2, -0.15) is 14.7 Å². The molecule has 8 nitrogen and oxygen atoms in total. The zero-order valence-electron chi connectivity index (χ0n) is 11.1. The third-order valence-electron chi connectivity index (χ3n) is 2.80. The van der Waals surface area contributed by atoms with Gasteiger partial charge in [0.2, 0.25) is 10.0 Å². The number of H-pyrrole nitrogens is 1. The van der Waals surface area contributed by atoms with Crippen molar-refractivity contribution in [3.63, 3.8) is 0 Å². The lowest BCUT2D eigenvalue weighted by Crippen LogP contribution is -2.31. The van der Waals surface area contributed by atoms with Gasteiger partial charge in [-0.25, -0.2) is 8.42 Å². The minimum atomic E-state index is -3.82. The summed E-state index contributed by atoms with van der Waals surface area (Å²) < 4.78 is 26.4. The summed E-state index contributed by atoms with van der Waals surface area (Å²) in [6.45, 7) is 0.181. The van der Waals surface area contributed by atoms with Gasteiger partial charge in [0, 0.05) is 31.9 Å². The molecule has 0 radical (unpaired) electrons. The highest BCUT2D eigenvalue weighted by atomic mass is 32.2. The fourth-order valence-electron chi connectivity index (χ4n) is 1.78. The monoisotopic (exact) mass is 306 g/mol. The Hall–Kier alpha value is -2.44. The van der Waals surface area contributed by atoms with Crippen LogP contribution < -0.4 is 5.73 Å². The highest BCUT2D eigenvalue weighted by molar-refractivity contribution is 7.89. The molecular weight excluding hydrogens is 292 g/mol. The molecule has 0 bridgehead atoms. The molecule has 0 atom stereocenters. The van der Waals surface area contributed by atoms with Crippen LogP contribution >= 0.6 is 0 Å². The van der Waals surface area contributed by atoms with Crippen LogP contribution in [0.5, 0.6) is 0 Å². The van der Waals surface area contributed by atoms with Gasteiger partial charge >= 0.3 is 0 Å². The summed E-state index contributed by atoms with van der Waals surface area (Å²) in [7, 11) is -3.82. The molecule has 2 heterocycles. The molecule has 2 aromatic heterocycles. The fourth-order valence-corrected chi connectivity index (χ4v) is 3.22. The number of aromatic nitrogens is 3. The van der Waals surface area contributed by atoms with Crippen LogP contribution in [0.1, 0.15) is 12.0 Å². The van der Waals surface area contributed by atoms with Gasteiger partial charge in [-0.15, -0.1) is 0 Å². The van der Waals surface area contributed by atoms with E-state index in [2.05, 4.69) is 15.2 Å². The summed E-state index contributed by atoms with van der Waals surface area (Å²) in [5, 5.41) is 14.7. The van der Waals surface area contributed by atoms with Gasteiger partial charge in [-0.05, 0) is 11.6 Å². The molecule has 2 rings (SSSR count). The Bertz CT molecular complexity index is 735. The standard InChI is InChI=1S/C12H14N6O2S/c13-4-2-6-18(9-10-3-1-5-15-7-10)21(19,20)11-8-16-17-12(11)14/h1,3,5,7-8H,2,6,9H2,(H3,14,16,17). The zero-order chi connectivity index (χ0) is 15.3. The summed E-state index contributed by atoms with van der Waals surface area (Å²) in [6, 6.07) is 5.42. The fraction of sp³-hybridized carbons (Fsp3) is 0.250. The van der Waals surface area contributed by atoms with Crippen molar-refractivity contribution in [1.29, 1.82) is 5.26 Å². The molecule has 9 heteroatoms. The van der Waals surface area contributed by atoms with Crippen LogP contribution in [0.2, 0.25) is 0 Å². The molecule has 0 saturated heterocycles. The molecule has 2 aromatic rings. The number of aromatic amines is 1. The normalized spacial score (nSPS) is 11.4. The molecule has 21 heavy (non-hydrogen) atoms. The highest BCUT2D eigenvalue weighted by Crippen LogP contribution is 2.21. The summed E-state index contributed by atoms with van der Waals surface area (Å²) in [4.78, 5) is 3.86. The summed E-state index contributed by atoms with van der Waals surface area (Å²) in [5.74, 6) is -0.0249. The Labute approximate surface area is 122 Å². The van der Waals surface area contributed by atoms with Crippen LogP contribution in [-0.2, 0) is 16.6 Å². The maximum atomic E-state index is 12.6. The number of hydrogen-bond acceptors (Lipinski definition) is 6. The van der Waals surface area contributed by atoms with Gasteiger partial charge in [0.1, 0.15) is 10.7 Å². The lowest BCUT2D eigenvalue weighted by atomic mass is 10.3. The first-order chi connectivity index (χ1) is 10.1. The molecule has 0 aliphatic carbocycles. The SMILES string of the molecule is N#CCCN(Cc1cccnc1)S(=O)(=O)c1cn[nH]c1N. The van der Waals surface area contributed by atoms with Crippen LogP contribution in [0.3, 0.4) is 0 Å². The zero-order valence-corrected chi connectivity index (χ0v) is 11.9. The molecule has 3 N–H and O–H groups in total. The molecule has 0 fully saturated rings. The maximum absolute atomic E-state index is 12.6. The minimum absolute atomic E-state index is 0.0249. The lowest BCUT2D eigenvalue weighted by Gasteiger charge is -2.20. The van der Waals surface area contributed by atoms with E-state index in [9.17, 15) is 8.42 Å². The van der Waals surface area contributed by atoms with Crippen LogP contribution in [0.15, 0.2) is 35.6 Å². The van der Waals surface area contributed by atoms with E-state index in [1.807, 2.05) is 6.07 Å². The van der Waals surface area contributed by atoms with Gasteiger partial charge in [-0.3, -0.25) is 10.1 Å². The van der Waals surface area contributed by atoms with Crippen molar-refractivity contribution in [3.05, 3.63) is 36.3 Å². The van der Waals surface area contributed by atoms with E-state index in [-0.39, 0.29) is 30.2 Å². The van der Waals surface area contributed by atoms with E-state index < -0.39 is 10.0 Å². The summed E-state index contributed by atoms with van der Waals surface area (Å²) in [5.41, 5.74) is 6.31. The predicted octanol–water partition coefficient (Wildman–Crippen LogP) is 0.491. The second-order valence-electron chi connectivity index (χ2n) is 4.26. The van der Waals surface area contributed by atoms with Gasteiger partial charge < -0.3 is 5.73 Å². The Morgan fingerprint density at radius 1 is 1.43 bits per heavy atom. The summed E-state index contributed by atoms with van der Waals surface area (Å²) in [6.07, 6.45) is 4.42. The molecule has 0 aliphatic heterocycles. The van der Waals surface area contributed by atoms with E-state index in [1.165, 1.54) is 4.31 Å². The second-order valence-corrected chi connectivity index (χ2v) is 6.16. The van der Waals surface area contributed by atoms with Crippen molar-refractivity contribution in [2.45, 2.75) is 17.9 Å². The first kappa shape index (κ1) is 15.0. The van der Waals surface area contributed by atoms with Crippen molar-refractivity contribution in [2.75, 3.05) is 12.3 Å². The molecule has 0 saturated carbocycles. The van der Waals surface area contributed by atoms with Gasteiger partial charge in [0.25, 0.3) is 0 Å². The van der Waals surface area contributed by atoms with E-state index >= 15 is 0 Å². The molecule has 0 spiro atoms. The van der Waals surface area contributed by atoms with E-state index in [4.69, 9.17) is 11.0 Å². The smallest absolute Gasteiger partial charge is 0.248 e. The largest absolute Gasteiger partial charge is 0.383 e. The minimum Gasteiger partial charge on any atom is -0.383 e. The number of anilines is 1. The van der Waals surface area contributed by atoms with Crippen LogP contribution in [0.4, 0.5) is 5.82 Å². The average molecular weight is 306 g/mol. The van der Waals surface area contributed by atoms with E-state index in [0.29, 0.717) is 0 Å². The first-order valence-corrected chi connectivity index (χ1v) is 7.54. The maximum Gasteiger partial charge on any atom is 0.248 e. The molecule has 110 valence electrons. The molecule has 0 aromatic carbocycles. The number of nitrogens with two attached hydrogens (primary N) is 1. The van der Waals surface area contributed by atoms with E-state index in [0.717, 1.165) is 11.8 Å². The number of nitrogens with zero attached hydrogens (tertiary/aromatic N) is 4. The van der Waals surface area contributed by atoms with Crippen molar-refractivity contribution in [2.24, 2.45) is 0 Å². The number of nitriles is 1. The van der Waals surface area contributed by atoms with Gasteiger partial charge in [0.05, 0.1) is 12.3 Å². The number of sulfonamides is 1. The number of pyridine rings is 1. The number of rotatable bonds is 6. The number of hydrogen-bond donors (Lipinski definition) is 2. The third kappa shape index (κ3) is 3.36. The predicted molar refractivity (Wildman–Crippen MR) is 75.1 cm³/mol. The summed E-state index contributed by atoms with van der Waals surface area (Å²) >= 11 is 0.